The zero-order valence-electron chi connectivity index (χ0n) is 16.7. The molecule has 158 valence electrons. The van der Waals surface area contributed by atoms with Crippen molar-refractivity contribution in [3.05, 3.63) is 65.3 Å². The third-order valence-corrected chi connectivity index (χ3v) is 4.79. The summed E-state index contributed by atoms with van der Waals surface area (Å²) in [6.45, 7) is 4.95. The summed E-state index contributed by atoms with van der Waals surface area (Å²) in [5.41, 5.74) is 4.52. The Kier molecular flexibility index (Phi) is 5.93. The van der Waals surface area contributed by atoms with E-state index in [-0.39, 0.29) is 42.6 Å². The molecule has 1 amide bonds. The third kappa shape index (κ3) is 3.22. The normalized spacial score (nSPS) is 19.9. The molecule has 0 fully saturated rings. The number of nitrogens with two attached hydrogens (primary N) is 1. The monoisotopic (exact) mass is 414 g/mol. The number of nitrogens with one attached hydrogen (secondary N) is 1. The first kappa shape index (κ1) is 21.1. The Hall–Kier alpha value is -3.59. The van der Waals surface area contributed by atoms with Crippen LogP contribution in [0.3, 0.4) is 0 Å². The standard InChI is InChI=1S/C21H22N2O7/c1-4-9-28-18(24)15-12(2)30-17(22)16(19(25)29-11-10-27-3)21(15)13-7-5-6-8-14(13)23-20(21)26/h4-8H,1,9-11,22H2,2-3H3,(H,23,26). The number of fused-ring (bicyclic) bond motifs is 2. The van der Waals surface area contributed by atoms with Crippen molar-refractivity contribution < 1.29 is 33.3 Å². The minimum Gasteiger partial charge on any atom is -0.460 e. The molecule has 1 atom stereocenters. The van der Waals surface area contributed by atoms with Crippen LogP contribution in [0, 0.1) is 0 Å². The largest absolute Gasteiger partial charge is 0.460 e. The number of amides is 1. The Balaban J connectivity index is 2.23. The highest BCUT2D eigenvalue weighted by Crippen LogP contribution is 2.52. The molecule has 0 saturated heterocycles. The van der Waals surface area contributed by atoms with Crippen molar-refractivity contribution in [3.63, 3.8) is 0 Å². The molecule has 0 aromatic heterocycles. The molecule has 1 unspecified atom stereocenters. The van der Waals surface area contributed by atoms with Crippen molar-refractivity contribution in [2.75, 3.05) is 32.2 Å². The number of ether oxygens (including phenoxy) is 4. The second kappa shape index (κ2) is 8.42. The van der Waals surface area contributed by atoms with Crippen molar-refractivity contribution in [1.29, 1.82) is 0 Å². The number of benzene rings is 1. The van der Waals surface area contributed by atoms with Crippen LogP contribution in [0.25, 0.3) is 0 Å². The van der Waals surface area contributed by atoms with Gasteiger partial charge in [-0.1, -0.05) is 30.9 Å². The molecule has 9 heteroatoms. The number of para-hydroxylation sites is 1. The van der Waals surface area contributed by atoms with Gasteiger partial charge in [0.05, 0.1) is 6.61 Å². The second-order valence-corrected chi connectivity index (χ2v) is 6.54. The Labute approximate surface area is 173 Å². The van der Waals surface area contributed by atoms with Crippen LogP contribution in [0.1, 0.15) is 12.5 Å². The fourth-order valence-electron chi connectivity index (χ4n) is 3.64. The molecular weight excluding hydrogens is 392 g/mol. The molecule has 0 bridgehead atoms. The Morgan fingerprint density at radius 1 is 1.20 bits per heavy atom. The summed E-state index contributed by atoms with van der Waals surface area (Å²) in [6, 6.07) is 6.68. The number of anilines is 1. The van der Waals surface area contributed by atoms with Crippen LogP contribution in [0.5, 0.6) is 0 Å². The lowest BCUT2D eigenvalue weighted by molar-refractivity contribution is -0.144. The summed E-state index contributed by atoms with van der Waals surface area (Å²) in [6.07, 6.45) is 1.39. The maximum Gasteiger partial charge on any atom is 0.341 e. The van der Waals surface area contributed by atoms with Gasteiger partial charge in [-0.2, -0.15) is 0 Å². The molecule has 30 heavy (non-hydrogen) atoms. The molecule has 3 rings (SSSR count). The lowest BCUT2D eigenvalue weighted by Gasteiger charge is -2.35. The average Bonchev–Trinajstić information content (AvgIpc) is 2.98. The summed E-state index contributed by atoms with van der Waals surface area (Å²) >= 11 is 0. The van der Waals surface area contributed by atoms with E-state index in [9.17, 15) is 14.4 Å². The predicted molar refractivity (Wildman–Crippen MR) is 106 cm³/mol. The summed E-state index contributed by atoms with van der Waals surface area (Å²) in [5, 5.41) is 2.71. The van der Waals surface area contributed by atoms with Gasteiger partial charge in [-0.05, 0) is 13.0 Å². The van der Waals surface area contributed by atoms with Gasteiger partial charge in [-0.15, -0.1) is 0 Å². The van der Waals surface area contributed by atoms with Gasteiger partial charge in [0.1, 0.15) is 35.5 Å². The zero-order chi connectivity index (χ0) is 21.9. The van der Waals surface area contributed by atoms with Crippen molar-refractivity contribution in [3.8, 4) is 0 Å². The average molecular weight is 414 g/mol. The number of rotatable bonds is 7. The predicted octanol–water partition coefficient (Wildman–Crippen LogP) is 1.27. The van der Waals surface area contributed by atoms with Crippen molar-refractivity contribution in [2.24, 2.45) is 5.73 Å². The second-order valence-electron chi connectivity index (χ2n) is 6.54. The fourth-order valence-corrected chi connectivity index (χ4v) is 3.64. The highest BCUT2D eigenvalue weighted by molar-refractivity contribution is 6.21. The smallest absolute Gasteiger partial charge is 0.341 e. The molecule has 0 radical (unpaired) electrons. The highest BCUT2D eigenvalue weighted by Gasteiger charge is 2.61. The first-order valence-corrected chi connectivity index (χ1v) is 9.14. The van der Waals surface area contributed by atoms with Gasteiger partial charge >= 0.3 is 11.9 Å². The molecule has 0 aliphatic carbocycles. The lowest BCUT2D eigenvalue weighted by atomic mass is 9.67. The molecule has 2 heterocycles. The van der Waals surface area contributed by atoms with E-state index in [4.69, 9.17) is 24.7 Å². The molecule has 1 aromatic rings. The summed E-state index contributed by atoms with van der Waals surface area (Å²) in [4.78, 5) is 39.4. The van der Waals surface area contributed by atoms with Crippen LogP contribution in [0.15, 0.2) is 59.7 Å². The van der Waals surface area contributed by atoms with Crippen LogP contribution in [-0.4, -0.2) is 44.8 Å². The number of carbonyl (C=O) groups excluding carboxylic acids is 3. The molecule has 2 aliphatic rings. The van der Waals surface area contributed by atoms with Crippen molar-refractivity contribution >= 4 is 23.5 Å². The molecule has 1 spiro atoms. The molecule has 0 saturated carbocycles. The van der Waals surface area contributed by atoms with Gasteiger partial charge in [-0.25, -0.2) is 9.59 Å². The van der Waals surface area contributed by atoms with E-state index in [0.717, 1.165) is 0 Å². The number of allylic oxidation sites excluding steroid dienone is 1. The van der Waals surface area contributed by atoms with E-state index in [0.29, 0.717) is 11.3 Å². The number of hydrogen-bond acceptors (Lipinski definition) is 8. The van der Waals surface area contributed by atoms with E-state index in [1.807, 2.05) is 0 Å². The number of esters is 2. The quantitative estimate of drug-likeness (QED) is 0.388. The first-order valence-electron chi connectivity index (χ1n) is 9.14. The minimum absolute atomic E-state index is 0.0434. The van der Waals surface area contributed by atoms with Crippen LogP contribution in [0.2, 0.25) is 0 Å². The Morgan fingerprint density at radius 2 is 1.90 bits per heavy atom. The van der Waals surface area contributed by atoms with E-state index in [2.05, 4.69) is 11.9 Å². The first-order chi connectivity index (χ1) is 14.4. The topological polar surface area (TPSA) is 126 Å². The van der Waals surface area contributed by atoms with Gasteiger partial charge in [0.25, 0.3) is 0 Å². The molecule has 1 aromatic carbocycles. The summed E-state index contributed by atoms with van der Waals surface area (Å²) < 4.78 is 20.8. The lowest BCUT2D eigenvalue weighted by Crippen LogP contribution is -2.48. The molecule has 2 aliphatic heterocycles. The fraction of sp³-hybridized carbons (Fsp3) is 0.286. The maximum absolute atomic E-state index is 13.4. The third-order valence-electron chi connectivity index (χ3n) is 4.79. The highest BCUT2D eigenvalue weighted by atomic mass is 16.6. The Bertz CT molecular complexity index is 979. The number of hydrogen-bond donors (Lipinski definition) is 2. The van der Waals surface area contributed by atoms with Gasteiger partial charge in [0.2, 0.25) is 11.8 Å². The number of methoxy groups -OCH3 is 1. The zero-order valence-corrected chi connectivity index (χ0v) is 16.7. The summed E-state index contributed by atoms with van der Waals surface area (Å²) in [5.74, 6) is -2.67. The Morgan fingerprint density at radius 3 is 2.60 bits per heavy atom. The van der Waals surface area contributed by atoms with E-state index in [1.54, 1.807) is 24.3 Å². The van der Waals surface area contributed by atoms with Crippen LogP contribution in [0.4, 0.5) is 5.69 Å². The van der Waals surface area contributed by atoms with E-state index >= 15 is 0 Å². The van der Waals surface area contributed by atoms with Crippen molar-refractivity contribution in [2.45, 2.75) is 12.3 Å². The van der Waals surface area contributed by atoms with Gasteiger partial charge in [0, 0.05) is 18.4 Å². The van der Waals surface area contributed by atoms with Crippen LogP contribution in [-0.2, 0) is 38.7 Å². The van der Waals surface area contributed by atoms with E-state index in [1.165, 1.54) is 20.1 Å². The van der Waals surface area contributed by atoms with Gasteiger partial charge < -0.3 is 30.0 Å². The number of carbonyl (C=O) groups is 3. The maximum atomic E-state index is 13.4. The van der Waals surface area contributed by atoms with Crippen LogP contribution >= 0.6 is 0 Å². The van der Waals surface area contributed by atoms with E-state index < -0.39 is 23.3 Å². The van der Waals surface area contributed by atoms with Gasteiger partial charge in [0.15, 0.2) is 0 Å². The van der Waals surface area contributed by atoms with Crippen LogP contribution < -0.4 is 11.1 Å². The summed E-state index contributed by atoms with van der Waals surface area (Å²) in [7, 11) is 1.45. The minimum atomic E-state index is -1.88. The van der Waals surface area contributed by atoms with Gasteiger partial charge in [-0.3, -0.25) is 4.79 Å². The molecule has 3 N–H and O–H groups in total. The molecule has 9 nitrogen and oxygen atoms in total. The SMILES string of the molecule is C=CCOC(=O)C1=C(C)OC(N)=C(C(=O)OCCOC)C12C(=O)Nc1ccccc12. The molecular formula is C21H22N2O7. The van der Waals surface area contributed by atoms with Crippen molar-refractivity contribution in [1.82, 2.24) is 0 Å².